The monoisotopic (exact) mass is 268 g/mol. The molecule has 0 aliphatic rings. The molecule has 1 unspecified atom stereocenters. The summed E-state index contributed by atoms with van der Waals surface area (Å²) in [7, 11) is 3.38. The first-order valence-electron chi connectivity index (χ1n) is 5.99. The zero-order valence-corrected chi connectivity index (χ0v) is 11.0. The summed E-state index contributed by atoms with van der Waals surface area (Å²) in [6.07, 6.45) is -0.558. The summed E-state index contributed by atoms with van der Waals surface area (Å²) in [4.78, 5) is 6.13. The quantitative estimate of drug-likeness (QED) is 0.858. The number of benzene rings is 1. The summed E-state index contributed by atoms with van der Waals surface area (Å²) in [5, 5.41) is 9.61. The van der Waals surface area contributed by atoms with Gasteiger partial charge >= 0.3 is 0 Å². The van der Waals surface area contributed by atoms with Crippen LogP contribution in [0.25, 0.3) is 11.1 Å². The Morgan fingerprint density at radius 1 is 1.53 bits per heavy atom. The lowest BCUT2D eigenvalue weighted by Crippen LogP contribution is -2.31. The van der Waals surface area contributed by atoms with Gasteiger partial charge in [0, 0.05) is 19.7 Å². The van der Waals surface area contributed by atoms with E-state index in [9.17, 15) is 9.50 Å². The highest BCUT2D eigenvalue weighted by molar-refractivity contribution is 5.72. The summed E-state index contributed by atoms with van der Waals surface area (Å²) in [5.41, 5.74) is 1.06. The van der Waals surface area contributed by atoms with Gasteiger partial charge < -0.3 is 14.3 Å². The third-order valence-electron chi connectivity index (χ3n) is 2.68. The van der Waals surface area contributed by atoms with Crippen LogP contribution in [-0.4, -0.2) is 48.4 Å². The van der Waals surface area contributed by atoms with E-state index in [1.54, 1.807) is 13.2 Å². The van der Waals surface area contributed by atoms with Crippen molar-refractivity contribution >= 4 is 11.1 Å². The van der Waals surface area contributed by atoms with Crippen LogP contribution < -0.4 is 0 Å². The van der Waals surface area contributed by atoms with Crippen molar-refractivity contribution in [1.29, 1.82) is 0 Å². The van der Waals surface area contributed by atoms with Gasteiger partial charge in [-0.3, -0.25) is 4.90 Å². The van der Waals surface area contributed by atoms with Gasteiger partial charge in [0.25, 0.3) is 0 Å². The number of fused-ring (bicyclic) bond motifs is 1. The zero-order valence-electron chi connectivity index (χ0n) is 11.0. The molecule has 5 nitrogen and oxygen atoms in total. The van der Waals surface area contributed by atoms with Crippen LogP contribution in [-0.2, 0) is 11.3 Å². The van der Waals surface area contributed by atoms with Gasteiger partial charge in [0.2, 0.25) is 5.89 Å². The Morgan fingerprint density at radius 2 is 2.32 bits per heavy atom. The highest BCUT2D eigenvalue weighted by Gasteiger charge is 2.12. The van der Waals surface area contributed by atoms with Crippen molar-refractivity contribution < 1.29 is 18.7 Å². The molecule has 0 aliphatic carbocycles. The van der Waals surface area contributed by atoms with Crippen LogP contribution in [0.15, 0.2) is 22.6 Å². The number of likely N-dealkylation sites (N-methyl/N-ethyl adjacent to an activating group) is 1. The fourth-order valence-corrected chi connectivity index (χ4v) is 1.91. The molecule has 0 radical (unpaired) electrons. The van der Waals surface area contributed by atoms with Gasteiger partial charge in [-0.25, -0.2) is 9.37 Å². The van der Waals surface area contributed by atoms with Crippen molar-refractivity contribution in [2.45, 2.75) is 12.6 Å². The second-order valence-electron chi connectivity index (χ2n) is 4.53. The Kier molecular flexibility index (Phi) is 4.47. The second kappa shape index (κ2) is 6.10. The van der Waals surface area contributed by atoms with E-state index in [4.69, 9.17) is 9.15 Å². The minimum Gasteiger partial charge on any atom is -0.439 e. The predicted molar refractivity (Wildman–Crippen MR) is 68.2 cm³/mol. The van der Waals surface area contributed by atoms with Crippen LogP contribution in [0.3, 0.4) is 0 Å². The van der Waals surface area contributed by atoms with Crippen molar-refractivity contribution in [2.24, 2.45) is 0 Å². The molecule has 1 atom stereocenters. The Labute approximate surface area is 110 Å². The topological polar surface area (TPSA) is 58.7 Å². The molecule has 0 aliphatic heterocycles. The van der Waals surface area contributed by atoms with Gasteiger partial charge in [0.1, 0.15) is 11.3 Å². The maximum Gasteiger partial charge on any atom is 0.209 e. The minimum atomic E-state index is -0.558. The molecule has 1 aromatic heterocycles. The summed E-state index contributed by atoms with van der Waals surface area (Å²) < 4.78 is 23.3. The maximum absolute atomic E-state index is 13.0. The van der Waals surface area contributed by atoms with Gasteiger partial charge in [-0.1, -0.05) is 0 Å². The van der Waals surface area contributed by atoms with E-state index in [1.807, 2.05) is 11.9 Å². The molecule has 19 heavy (non-hydrogen) atoms. The van der Waals surface area contributed by atoms with Crippen molar-refractivity contribution in [2.75, 3.05) is 27.3 Å². The Balaban J connectivity index is 2.00. The lowest BCUT2D eigenvalue weighted by atomic mass is 10.3. The lowest BCUT2D eigenvalue weighted by Gasteiger charge is -2.18. The standard InChI is InChI=1S/C13H17FN2O3/c1-16(6-10(17)8-18-2)7-13-15-11-4-3-9(14)5-12(11)19-13/h3-5,10,17H,6-8H2,1-2H3. The van der Waals surface area contributed by atoms with Gasteiger partial charge in [0.05, 0.1) is 19.3 Å². The molecule has 1 aromatic carbocycles. The van der Waals surface area contributed by atoms with E-state index in [0.717, 1.165) is 0 Å². The number of aromatic nitrogens is 1. The number of methoxy groups -OCH3 is 1. The van der Waals surface area contributed by atoms with Crippen molar-refractivity contribution in [3.8, 4) is 0 Å². The van der Waals surface area contributed by atoms with Gasteiger partial charge in [-0.2, -0.15) is 0 Å². The Bertz CT molecular complexity index is 544. The molecule has 6 heteroatoms. The molecule has 1 heterocycles. The number of hydrogen-bond donors (Lipinski definition) is 1. The third-order valence-corrected chi connectivity index (χ3v) is 2.68. The van der Waals surface area contributed by atoms with Crippen LogP contribution in [0.4, 0.5) is 4.39 Å². The average molecular weight is 268 g/mol. The van der Waals surface area contributed by atoms with Gasteiger partial charge in [-0.15, -0.1) is 0 Å². The highest BCUT2D eigenvalue weighted by Crippen LogP contribution is 2.17. The number of aliphatic hydroxyl groups is 1. The van der Waals surface area contributed by atoms with Crippen LogP contribution in [0.5, 0.6) is 0 Å². The first-order chi connectivity index (χ1) is 9.08. The fraction of sp³-hybridized carbons (Fsp3) is 0.462. The number of aliphatic hydroxyl groups excluding tert-OH is 1. The van der Waals surface area contributed by atoms with Crippen molar-refractivity contribution in [3.05, 3.63) is 29.9 Å². The summed E-state index contributed by atoms with van der Waals surface area (Å²) in [6, 6.07) is 4.24. The molecule has 2 rings (SSSR count). The highest BCUT2D eigenvalue weighted by atomic mass is 19.1. The zero-order chi connectivity index (χ0) is 13.8. The number of rotatable bonds is 6. The molecule has 0 amide bonds. The number of halogens is 1. The van der Waals surface area contributed by atoms with Crippen LogP contribution >= 0.6 is 0 Å². The van der Waals surface area contributed by atoms with E-state index in [-0.39, 0.29) is 12.4 Å². The summed E-state index contributed by atoms with van der Waals surface area (Å²) in [6.45, 7) is 1.17. The lowest BCUT2D eigenvalue weighted by molar-refractivity contribution is 0.0405. The molecule has 0 saturated heterocycles. The third kappa shape index (κ3) is 3.73. The molecule has 0 bridgehead atoms. The number of hydrogen-bond acceptors (Lipinski definition) is 5. The van der Waals surface area contributed by atoms with E-state index >= 15 is 0 Å². The molecule has 104 valence electrons. The van der Waals surface area contributed by atoms with Crippen LogP contribution in [0, 0.1) is 5.82 Å². The fourth-order valence-electron chi connectivity index (χ4n) is 1.91. The molecule has 0 fully saturated rings. The minimum absolute atomic E-state index is 0.281. The van der Waals surface area contributed by atoms with Crippen LogP contribution in [0.1, 0.15) is 5.89 Å². The number of oxazole rings is 1. The van der Waals surface area contributed by atoms with E-state index in [2.05, 4.69) is 4.98 Å². The molecule has 0 saturated carbocycles. The van der Waals surface area contributed by atoms with Crippen molar-refractivity contribution in [1.82, 2.24) is 9.88 Å². The first-order valence-corrected chi connectivity index (χ1v) is 5.99. The van der Waals surface area contributed by atoms with Crippen LogP contribution in [0.2, 0.25) is 0 Å². The van der Waals surface area contributed by atoms with E-state index < -0.39 is 6.10 Å². The van der Waals surface area contributed by atoms with Gasteiger partial charge in [0.15, 0.2) is 5.58 Å². The SMILES string of the molecule is COCC(O)CN(C)Cc1nc2ccc(F)cc2o1. The Morgan fingerprint density at radius 3 is 3.05 bits per heavy atom. The molecular weight excluding hydrogens is 251 g/mol. The smallest absolute Gasteiger partial charge is 0.209 e. The van der Waals surface area contributed by atoms with E-state index in [0.29, 0.717) is 30.1 Å². The number of nitrogens with zero attached hydrogens (tertiary/aromatic N) is 2. The average Bonchev–Trinajstić information content (AvgIpc) is 2.70. The maximum atomic E-state index is 13.0. The van der Waals surface area contributed by atoms with Crippen molar-refractivity contribution in [3.63, 3.8) is 0 Å². The molecule has 2 aromatic rings. The largest absolute Gasteiger partial charge is 0.439 e. The first kappa shape index (κ1) is 13.9. The van der Waals surface area contributed by atoms with Gasteiger partial charge in [-0.05, 0) is 19.2 Å². The predicted octanol–water partition coefficient (Wildman–Crippen LogP) is 1.41. The second-order valence-corrected chi connectivity index (χ2v) is 4.53. The summed E-state index contributed by atoms with van der Waals surface area (Å²) >= 11 is 0. The molecular formula is C13H17FN2O3. The Hall–Kier alpha value is -1.50. The molecule has 0 spiro atoms. The molecule has 1 N–H and O–H groups in total. The number of ether oxygens (including phenoxy) is 1. The normalized spacial score (nSPS) is 13.3. The summed E-state index contributed by atoms with van der Waals surface area (Å²) in [5.74, 6) is 0.145. The van der Waals surface area contributed by atoms with E-state index in [1.165, 1.54) is 12.1 Å².